The first kappa shape index (κ1) is 12.8. The zero-order valence-electron chi connectivity index (χ0n) is 10.8. The molecule has 1 aliphatic heterocycles. The van der Waals surface area contributed by atoms with Crippen LogP contribution in [-0.2, 0) is 0 Å². The molecule has 3 rings (SSSR count). The first-order chi connectivity index (χ1) is 9.38. The Morgan fingerprint density at radius 2 is 2.16 bits per heavy atom. The van der Waals surface area contributed by atoms with Crippen molar-refractivity contribution in [1.29, 1.82) is 0 Å². The standard InChI is InChI=1S/C13H18N4OS/c18-8-7-16-3-1-4-17(6-5-16)13-12-11(2-9-19-12)14-10-15-13/h2,9-10,18H,1,3-8H2. The molecule has 0 aliphatic carbocycles. The highest BCUT2D eigenvalue weighted by Gasteiger charge is 2.18. The van der Waals surface area contributed by atoms with E-state index < -0.39 is 0 Å². The van der Waals surface area contributed by atoms with Gasteiger partial charge in [-0.1, -0.05) is 0 Å². The highest BCUT2D eigenvalue weighted by Crippen LogP contribution is 2.28. The molecule has 1 fully saturated rings. The lowest BCUT2D eigenvalue weighted by Gasteiger charge is -2.22. The number of aliphatic hydroxyl groups is 1. The smallest absolute Gasteiger partial charge is 0.150 e. The minimum absolute atomic E-state index is 0.239. The third-order valence-electron chi connectivity index (χ3n) is 3.53. The van der Waals surface area contributed by atoms with Gasteiger partial charge in [0.25, 0.3) is 0 Å². The Kier molecular flexibility index (Phi) is 3.91. The average molecular weight is 278 g/mol. The van der Waals surface area contributed by atoms with Gasteiger partial charge in [-0.3, -0.25) is 4.90 Å². The molecule has 102 valence electrons. The first-order valence-corrected chi connectivity index (χ1v) is 7.53. The number of β-amino-alcohol motifs (C(OH)–C–C–N with tert-alkyl or cyclic N) is 1. The summed E-state index contributed by atoms with van der Waals surface area (Å²) < 4.78 is 1.18. The van der Waals surface area contributed by atoms with E-state index in [1.54, 1.807) is 17.7 Å². The summed E-state index contributed by atoms with van der Waals surface area (Å²) in [6.07, 6.45) is 2.76. The maximum atomic E-state index is 9.03. The Bertz CT molecular complexity index is 544. The number of hydrogen-bond donors (Lipinski definition) is 1. The molecule has 1 saturated heterocycles. The minimum Gasteiger partial charge on any atom is -0.395 e. The predicted octanol–water partition coefficient (Wildman–Crippen LogP) is 1.20. The van der Waals surface area contributed by atoms with E-state index >= 15 is 0 Å². The molecule has 5 nitrogen and oxygen atoms in total. The third kappa shape index (κ3) is 2.70. The minimum atomic E-state index is 0.239. The summed E-state index contributed by atoms with van der Waals surface area (Å²) in [7, 11) is 0. The summed E-state index contributed by atoms with van der Waals surface area (Å²) in [5.74, 6) is 1.06. The van der Waals surface area contributed by atoms with Crippen molar-refractivity contribution in [3.8, 4) is 0 Å². The van der Waals surface area contributed by atoms with Gasteiger partial charge in [0.15, 0.2) is 0 Å². The summed E-state index contributed by atoms with van der Waals surface area (Å²) >= 11 is 1.71. The summed E-state index contributed by atoms with van der Waals surface area (Å²) in [6, 6.07) is 2.04. The van der Waals surface area contributed by atoms with Crippen LogP contribution in [0.5, 0.6) is 0 Å². The number of rotatable bonds is 3. The Balaban J connectivity index is 1.80. The summed E-state index contributed by atoms with van der Waals surface area (Å²) in [5, 5.41) is 11.1. The Morgan fingerprint density at radius 3 is 3.05 bits per heavy atom. The van der Waals surface area contributed by atoms with E-state index in [1.165, 1.54) is 4.70 Å². The fraction of sp³-hybridized carbons (Fsp3) is 0.538. The molecule has 1 N–H and O–H groups in total. The number of hydrogen-bond acceptors (Lipinski definition) is 6. The van der Waals surface area contributed by atoms with Gasteiger partial charge in [0.05, 0.1) is 16.8 Å². The van der Waals surface area contributed by atoms with Crippen LogP contribution in [0.25, 0.3) is 10.2 Å². The van der Waals surface area contributed by atoms with Crippen LogP contribution in [0.15, 0.2) is 17.8 Å². The fourth-order valence-electron chi connectivity index (χ4n) is 2.55. The van der Waals surface area contributed by atoms with E-state index in [1.807, 2.05) is 6.07 Å². The Morgan fingerprint density at radius 1 is 1.21 bits per heavy atom. The Hall–Kier alpha value is -1.24. The second-order valence-electron chi connectivity index (χ2n) is 4.74. The zero-order chi connectivity index (χ0) is 13.1. The predicted molar refractivity (Wildman–Crippen MR) is 77.8 cm³/mol. The molecule has 0 radical (unpaired) electrons. The largest absolute Gasteiger partial charge is 0.395 e. The van der Waals surface area contributed by atoms with Crippen molar-refractivity contribution in [1.82, 2.24) is 14.9 Å². The SMILES string of the molecule is OCCN1CCCN(c2ncnc3ccsc23)CC1. The van der Waals surface area contributed by atoms with Gasteiger partial charge < -0.3 is 10.0 Å². The maximum Gasteiger partial charge on any atom is 0.150 e. The normalized spacial score (nSPS) is 17.8. The van der Waals surface area contributed by atoms with E-state index in [2.05, 4.69) is 25.1 Å². The average Bonchev–Trinajstić information content (AvgIpc) is 2.79. The van der Waals surface area contributed by atoms with Crippen LogP contribution >= 0.6 is 11.3 Å². The number of anilines is 1. The molecule has 3 heterocycles. The molecule has 0 bridgehead atoms. The second-order valence-corrected chi connectivity index (χ2v) is 5.65. The van der Waals surface area contributed by atoms with Gasteiger partial charge in [-0.2, -0.15) is 0 Å². The van der Waals surface area contributed by atoms with Crippen molar-refractivity contribution in [2.45, 2.75) is 6.42 Å². The van der Waals surface area contributed by atoms with Gasteiger partial charge in [-0.05, 0) is 24.4 Å². The quantitative estimate of drug-likeness (QED) is 0.914. The van der Waals surface area contributed by atoms with E-state index in [0.717, 1.165) is 50.5 Å². The Labute approximate surface area is 116 Å². The van der Waals surface area contributed by atoms with Crippen molar-refractivity contribution >= 4 is 27.4 Å². The molecule has 0 saturated carbocycles. The lowest BCUT2D eigenvalue weighted by molar-refractivity contribution is 0.204. The van der Waals surface area contributed by atoms with Crippen LogP contribution in [0.4, 0.5) is 5.82 Å². The summed E-state index contributed by atoms with van der Waals surface area (Å²) in [5.41, 5.74) is 1.03. The molecule has 2 aromatic heterocycles. The molecule has 19 heavy (non-hydrogen) atoms. The molecule has 0 atom stereocenters. The number of thiophene rings is 1. The zero-order valence-corrected chi connectivity index (χ0v) is 11.6. The third-order valence-corrected chi connectivity index (χ3v) is 4.43. The maximum absolute atomic E-state index is 9.03. The summed E-state index contributed by atoms with van der Waals surface area (Å²) in [6.45, 7) is 5.03. The second kappa shape index (κ2) is 5.81. The molecule has 0 spiro atoms. The summed E-state index contributed by atoms with van der Waals surface area (Å²) in [4.78, 5) is 13.4. The van der Waals surface area contributed by atoms with Gasteiger partial charge in [-0.15, -0.1) is 11.3 Å². The van der Waals surface area contributed by atoms with Crippen LogP contribution in [0.1, 0.15) is 6.42 Å². The van der Waals surface area contributed by atoms with Gasteiger partial charge in [0.2, 0.25) is 0 Å². The van der Waals surface area contributed by atoms with E-state index in [9.17, 15) is 0 Å². The molecule has 1 aliphatic rings. The number of aliphatic hydroxyl groups excluding tert-OH is 1. The molecule has 0 amide bonds. The monoisotopic (exact) mass is 278 g/mol. The fourth-order valence-corrected chi connectivity index (χ4v) is 3.41. The van der Waals surface area contributed by atoms with E-state index in [-0.39, 0.29) is 6.61 Å². The number of fused-ring (bicyclic) bond motifs is 1. The highest BCUT2D eigenvalue weighted by molar-refractivity contribution is 7.17. The van der Waals surface area contributed by atoms with Crippen LogP contribution in [0.3, 0.4) is 0 Å². The van der Waals surface area contributed by atoms with Gasteiger partial charge in [0.1, 0.15) is 12.1 Å². The lowest BCUT2D eigenvalue weighted by atomic mass is 10.3. The topological polar surface area (TPSA) is 52.5 Å². The van der Waals surface area contributed by atoms with Crippen molar-refractivity contribution in [3.63, 3.8) is 0 Å². The molecule has 0 unspecified atom stereocenters. The van der Waals surface area contributed by atoms with Crippen LogP contribution in [-0.4, -0.2) is 59.3 Å². The molecule has 6 heteroatoms. The number of aromatic nitrogens is 2. The van der Waals surface area contributed by atoms with E-state index in [4.69, 9.17) is 5.11 Å². The first-order valence-electron chi connectivity index (χ1n) is 6.65. The lowest BCUT2D eigenvalue weighted by Crippen LogP contribution is -2.32. The van der Waals surface area contributed by atoms with Gasteiger partial charge in [-0.25, -0.2) is 9.97 Å². The molecule has 2 aromatic rings. The van der Waals surface area contributed by atoms with Crippen molar-refractivity contribution in [2.24, 2.45) is 0 Å². The van der Waals surface area contributed by atoms with Crippen LogP contribution < -0.4 is 4.90 Å². The van der Waals surface area contributed by atoms with E-state index in [0.29, 0.717) is 0 Å². The highest BCUT2D eigenvalue weighted by atomic mass is 32.1. The number of nitrogens with zero attached hydrogens (tertiary/aromatic N) is 4. The van der Waals surface area contributed by atoms with Gasteiger partial charge in [0, 0.05) is 26.2 Å². The molecular weight excluding hydrogens is 260 g/mol. The van der Waals surface area contributed by atoms with Crippen molar-refractivity contribution in [2.75, 3.05) is 44.2 Å². The molecular formula is C13H18N4OS. The van der Waals surface area contributed by atoms with Crippen molar-refractivity contribution in [3.05, 3.63) is 17.8 Å². The van der Waals surface area contributed by atoms with Gasteiger partial charge >= 0.3 is 0 Å². The molecule has 0 aromatic carbocycles. The van der Waals surface area contributed by atoms with Crippen molar-refractivity contribution < 1.29 is 5.11 Å². The van der Waals surface area contributed by atoms with Crippen LogP contribution in [0.2, 0.25) is 0 Å². The van der Waals surface area contributed by atoms with Crippen LogP contribution in [0, 0.1) is 0 Å².